The van der Waals surface area contributed by atoms with Crippen LogP contribution in [0.4, 0.5) is 0 Å². The summed E-state index contributed by atoms with van der Waals surface area (Å²) in [5.41, 5.74) is 19.4. The Morgan fingerprint density at radius 2 is 0.964 bits per heavy atom. The predicted octanol–water partition coefficient (Wildman–Crippen LogP) is -3.59. The molecule has 13 N–H and O–H groups in total. The molecule has 0 fully saturated rings. The summed E-state index contributed by atoms with van der Waals surface area (Å²) < 4.78 is 0. The highest BCUT2D eigenvalue weighted by atomic mass is 16.4. The molecule has 0 aliphatic heterocycles. The summed E-state index contributed by atoms with van der Waals surface area (Å²) in [5.74, 6) is -6.61. The van der Waals surface area contributed by atoms with E-state index >= 15 is 0 Å². The van der Waals surface area contributed by atoms with Gasteiger partial charge >= 0.3 is 29.8 Å². The lowest BCUT2D eigenvalue weighted by Gasteiger charge is -2.01. The van der Waals surface area contributed by atoms with Crippen LogP contribution in [0.15, 0.2) is 0 Å². The van der Waals surface area contributed by atoms with Crippen molar-refractivity contribution in [1.29, 1.82) is 0 Å². The zero-order valence-corrected chi connectivity index (χ0v) is 14.6. The van der Waals surface area contributed by atoms with Crippen LogP contribution in [0.3, 0.4) is 0 Å². The normalized spacial score (nSPS) is 12.5. The van der Waals surface area contributed by atoms with Crippen molar-refractivity contribution < 1.29 is 54.3 Å². The minimum atomic E-state index is -1.29. The second-order valence-electron chi connectivity index (χ2n) is 5.03. The lowest BCUT2D eigenvalue weighted by Crippen LogP contribution is -2.34. The molecule has 1 amide bonds. The maximum Gasteiger partial charge on any atom is 0.321 e. The van der Waals surface area contributed by atoms with Crippen LogP contribution >= 0.6 is 0 Å². The van der Waals surface area contributed by atoms with Crippen molar-refractivity contribution in [1.82, 2.24) is 0 Å². The Bertz CT molecular complexity index is 535. The number of hydrogen-bond donors (Lipinski definition) is 9. The number of hydrogen-bond acceptors (Lipinski definition) is 9. The Morgan fingerprint density at radius 1 is 0.607 bits per heavy atom. The topological polar surface area (TPSA) is 308 Å². The first-order chi connectivity index (χ1) is 12.6. The summed E-state index contributed by atoms with van der Waals surface area (Å²) in [6, 6.07) is -3.51. The van der Waals surface area contributed by atoms with E-state index in [9.17, 15) is 28.8 Å². The van der Waals surface area contributed by atoms with Crippen LogP contribution < -0.4 is 22.9 Å². The van der Waals surface area contributed by atoms with E-state index in [4.69, 9.17) is 42.7 Å². The Balaban J connectivity index is -0.000000336. The molecule has 3 unspecified atom stereocenters. The fourth-order valence-corrected chi connectivity index (χ4v) is 0.982. The van der Waals surface area contributed by atoms with Crippen LogP contribution in [-0.4, -0.2) is 79.4 Å². The summed E-state index contributed by atoms with van der Waals surface area (Å²) in [5, 5.41) is 40.4. The Kier molecular flexibility index (Phi) is 16.7. The minimum Gasteiger partial charge on any atom is -0.481 e. The third-order valence-corrected chi connectivity index (χ3v) is 2.44. The predicted molar refractivity (Wildman–Crippen MR) is 89.8 cm³/mol. The standard InChI is InChI=1S/C5H9NO4.C4H8N2O3.C4H7NO4/c6-3(5(9)10)1-2-4(7)8;2*5-2(4(8)9)1-3(6)7/h3H,1-2,6H2,(H,7,8)(H,9,10);2H,1,5H2,(H2,6,7)(H,8,9);2H,1,5H2,(H,6,7)(H,8,9). The molecule has 28 heavy (non-hydrogen) atoms. The quantitative estimate of drug-likeness (QED) is 0.167. The van der Waals surface area contributed by atoms with Gasteiger partial charge in [0.1, 0.15) is 18.1 Å². The second kappa shape index (κ2) is 15.9. The molecule has 0 rings (SSSR count). The zero-order valence-electron chi connectivity index (χ0n) is 14.6. The Labute approximate surface area is 157 Å². The molecule has 0 spiro atoms. The van der Waals surface area contributed by atoms with Gasteiger partial charge in [0.25, 0.3) is 0 Å². The van der Waals surface area contributed by atoms with Gasteiger partial charge in [-0.25, -0.2) is 0 Å². The first-order valence-electron chi connectivity index (χ1n) is 7.28. The number of carboxylic acids is 5. The number of carboxylic acid groups (broad SMARTS) is 5. The second-order valence-corrected chi connectivity index (χ2v) is 5.03. The monoisotopic (exact) mass is 412 g/mol. The van der Waals surface area contributed by atoms with Gasteiger partial charge in [0.15, 0.2) is 0 Å². The van der Waals surface area contributed by atoms with E-state index in [1.807, 2.05) is 0 Å². The minimum absolute atomic E-state index is 0.0231. The van der Waals surface area contributed by atoms with Gasteiger partial charge in [0, 0.05) is 6.42 Å². The molecular formula is C13H24N4O11. The highest BCUT2D eigenvalue weighted by Crippen LogP contribution is 1.93. The van der Waals surface area contributed by atoms with Gasteiger partial charge in [-0.3, -0.25) is 28.8 Å². The highest BCUT2D eigenvalue weighted by Gasteiger charge is 2.15. The third kappa shape index (κ3) is 22.7. The summed E-state index contributed by atoms with van der Waals surface area (Å²) >= 11 is 0. The van der Waals surface area contributed by atoms with Crippen molar-refractivity contribution in [3.63, 3.8) is 0 Å². The van der Waals surface area contributed by atoms with Crippen LogP contribution in [0.2, 0.25) is 0 Å². The highest BCUT2D eigenvalue weighted by molar-refractivity contribution is 5.83. The number of rotatable bonds is 10. The smallest absolute Gasteiger partial charge is 0.321 e. The van der Waals surface area contributed by atoms with Crippen molar-refractivity contribution in [2.45, 2.75) is 43.8 Å². The van der Waals surface area contributed by atoms with Crippen LogP contribution in [-0.2, 0) is 28.8 Å². The van der Waals surface area contributed by atoms with Crippen LogP contribution in [0, 0.1) is 0 Å². The van der Waals surface area contributed by atoms with E-state index in [0.29, 0.717) is 0 Å². The molecule has 0 bridgehead atoms. The van der Waals surface area contributed by atoms with Gasteiger partial charge in [-0.05, 0) is 6.42 Å². The van der Waals surface area contributed by atoms with Crippen molar-refractivity contribution in [2.24, 2.45) is 22.9 Å². The number of nitrogens with two attached hydrogens (primary N) is 4. The molecule has 0 aromatic rings. The molecule has 0 saturated heterocycles. The first-order valence-corrected chi connectivity index (χ1v) is 7.28. The first kappa shape index (κ1) is 29.5. The lowest BCUT2D eigenvalue weighted by molar-refractivity contribution is -0.144. The van der Waals surface area contributed by atoms with E-state index in [2.05, 4.69) is 5.73 Å². The van der Waals surface area contributed by atoms with Gasteiger partial charge < -0.3 is 48.5 Å². The molecule has 0 aromatic carbocycles. The molecule has 162 valence electrons. The van der Waals surface area contributed by atoms with Crippen LogP contribution in [0.1, 0.15) is 25.7 Å². The van der Waals surface area contributed by atoms with Crippen molar-refractivity contribution in [3.05, 3.63) is 0 Å². The molecular weight excluding hydrogens is 388 g/mol. The van der Waals surface area contributed by atoms with Gasteiger partial charge in [0.05, 0.1) is 12.8 Å². The molecule has 0 aliphatic carbocycles. The van der Waals surface area contributed by atoms with Crippen LogP contribution in [0.25, 0.3) is 0 Å². The number of primary amides is 1. The molecule has 0 heterocycles. The average molecular weight is 412 g/mol. The zero-order chi connectivity index (χ0) is 23.0. The Hall–Kier alpha value is -3.30. The van der Waals surface area contributed by atoms with E-state index in [-0.39, 0.29) is 19.3 Å². The van der Waals surface area contributed by atoms with Crippen molar-refractivity contribution in [3.8, 4) is 0 Å². The number of amides is 1. The molecule has 0 aliphatic rings. The Morgan fingerprint density at radius 3 is 1.14 bits per heavy atom. The van der Waals surface area contributed by atoms with E-state index in [1.54, 1.807) is 0 Å². The van der Waals surface area contributed by atoms with E-state index in [0.717, 1.165) is 0 Å². The number of aliphatic carboxylic acids is 5. The third-order valence-electron chi connectivity index (χ3n) is 2.44. The maximum absolute atomic E-state index is 9.99. The summed E-state index contributed by atoms with van der Waals surface area (Å²) in [6.45, 7) is 0. The molecule has 15 heteroatoms. The summed E-state index contributed by atoms with van der Waals surface area (Å²) in [4.78, 5) is 59.4. The van der Waals surface area contributed by atoms with E-state index in [1.165, 1.54) is 0 Å². The molecule has 15 nitrogen and oxygen atoms in total. The SMILES string of the molecule is NC(=O)CC(N)C(=O)O.NC(CC(=O)O)C(=O)O.NC(CCC(=O)O)C(=O)O. The lowest BCUT2D eigenvalue weighted by atomic mass is 10.2. The average Bonchev–Trinajstić information content (AvgIpc) is 2.52. The summed E-state index contributed by atoms with van der Waals surface area (Å²) in [7, 11) is 0. The van der Waals surface area contributed by atoms with E-state index < -0.39 is 60.3 Å². The molecule has 3 atom stereocenters. The van der Waals surface area contributed by atoms with Crippen molar-refractivity contribution in [2.75, 3.05) is 0 Å². The van der Waals surface area contributed by atoms with Crippen molar-refractivity contribution >= 4 is 35.8 Å². The maximum atomic E-state index is 9.99. The largest absolute Gasteiger partial charge is 0.481 e. The van der Waals surface area contributed by atoms with Gasteiger partial charge in [-0.1, -0.05) is 0 Å². The fourth-order valence-electron chi connectivity index (χ4n) is 0.982. The molecule has 0 saturated carbocycles. The van der Waals surface area contributed by atoms with Gasteiger partial charge in [0.2, 0.25) is 5.91 Å². The summed E-state index contributed by atoms with van der Waals surface area (Å²) in [6.07, 6.45) is -1.07. The van der Waals surface area contributed by atoms with Gasteiger partial charge in [-0.2, -0.15) is 0 Å². The molecule has 0 radical (unpaired) electrons. The molecule has 0 aromatic heterocycles. The van der Waals surface area contributed by atoms with Gasteiger partial charge in [-0.15, -0.1) is 0 Å². The number of carbonyl (C=O) groups excluding carboxylic acids is 1. The number of carbonyl (C=O) groups is 6. The fraction of sp³-hybridized carbons (Fsp3) is 0.538. The van der Waals surface area contributed by atoms with Crippen LogP contribution in [0.5, 0.6) is 0 Å².